The molecule has 2 heterocycles. The molecule has 33 heavy (non-hydrogen) atoms. The number of halogens is 2. The van der Waals surface area contributed by atoms with E-state index < -0.39 is 12.2 Å². The zero-order valence-corrected chi connectivity index (χ0v) is 19.4. The Morgan fingerprint density at radius 3 is 2.82 bits per heavy atom. The molecule has 1 fully saturated rings. The van der Waals surface area contributed by atoms with E-state index in [0.29, 0.717) is 44.9 Å². The Kier molecular flexibility index (Phi) is 7.22. The van der Waals surface area contributed by atoms with Crippen LogP contribution in [0.2, 0.25) is 5.02 Å². The Balaban J connectivity index is 1.41. The van der Waals surface area contributed by atoms with Gasteiger partial charge in [0.15, 0.2) is 5.13 Å². The van der Waals surface area contributed by atoms with E-state index in [1.165, 1.54) is 17.5 Å². The number of nitrogens with zero attached hydrogens (tertiary/aromatic N) is 1. The maximum Gasteiger partial charge on any atom is 0.267 e. The number of nitrogens with one attached hydrogen (secondary N) is 4. The molecular weight excluding hydrogens is 465 g/mol. The fourth-order valence-corrected chi connectivity index (χ4v) is 4.50. The minimum Gasteiger partial charge on any atom is -0.346 e. The van der Waals surface area contributed by atoms with Gasteiger partial charge in [-0.3, -0.25) is 9.59 Å². The first-order valence-electron chi connectivity index (χ1n) is 10.5. The molecule has 4 N–H and O–H groups in total. The van der Waals surface area contributed by atoms with Gasteiger partial charge in [-0.05, 0) is 49.7 Å². The van der Waals surface area contributed by atoms with Crippen LogP contribution < -0.4 is 21.3 Å². The average Bonchev–Trinajstić information content (AvgIpc) is 3.26. The number of benzene rings is 2. The summed E-state index contributed by atoms with van der Waals surface area (Å²) >= 11 is 7.36. The Hall–Kier alpha value is -3.01. The number of amides is 2. The molecule has 3 aromatic rings. The van der Waals surface area contributed by atoms with Crippen LogP contribution in [0, 0.1) is 6.92 Å². The third-order valence-corrected chi connectivity index (χ3v) is 6.52. The second-order valence-corrected chi connectivity index (χ2v) is 9.15. The zero-order valence-electron chi connectivity index (χ0n) is 17.8. The predicted octanol–water partition coefficient (Wildman–Crippen LogP) is 4.53. The molecule has 7 nitrogen and oxygen atoms in total. The monoisotopic (exact) mass is 487 g/mol. The molecule has 0 bridgehead atoms. The smallest absolute Gasteiger partial charge is 0.267 e. The second kappa shape index (κ2) is 10.3. The van der Waals surface area contributed by atoms with Gasteiger partial charge in [0, 0.05) is 17.8 Å². The van der Waals surface area contributed by atoms with Crippen LogP contribution in [-0.4, -0.2) is 42.1 Å². The van der Waals surface area contributed by atoms with Gasteiger partial charge in [0.25, 0.3) is 11.8 Å². The van der Waals surface area contributed by atoms with Crippen LogP contribution in [-0.2, 0) is 0 Å². The number of carbonyl (C=O) groups excluding carboxylic acids is 2. The Morgan fingerprint density at radius 1 is 1.21 bits per heavy atom. The number of piperidine rings is 1. The summed E-state index contributed by atoms with van der Waals surface area (Å²) in [5.41, 5.74) is 2.47. The number of carbonyl (C=O) groups is 2. The first-order valence-corrected chi connectivity index (χ1v) is 11.6. The number of aromatic nitrogens is 1. The minimum absolute atomic E-state index is 0.239. The highest BCUT2D eigenvalue weighted by Crippen LogP contribution is 2.28. The fourth-order valence-electron chi connectivity index (χ4n) is 3.50. The third kappa shape index (κ3) is 5.68. The molecule has 2 amide bonds. The molecular formula is C23H23ClFN5O2S. The molecule has 1 saturated heterocycles. The van der Waals surface area contributed by atoms with E-state index in [4.69, 9.17) is 11.6 Å². The highest BCUT2D eigenvalue weighted by atomic mass is 35.5. The lowest BCUT2D eigenvalue weighted by Gasteiger charge is -2.27. The molecule has 0 unspecified atom stereocenters. The average molecular weight is 488 g/mol. The lowest BCUT2D eigenvalue weighted by atomic mass is 10.0. The highest BCUT2D eigenvalue weighted by molar-refractivity contribution is 7.17. The largest absolute Gasteiger partial charge is 0.346 e. The number of alkyl halides is 1. The summed E-state index contributed by atoms with van der Waals surface area (Å²) < 4.78 is 14.0. The molecule has 10 heteroatoms. The third-order valence-electron chi connectivity index (χ3n) is 5.29. The lowest BCUT2D eigenvalue weighted by molar-refractivity contribution is 0.0892. The van der Waals surface area contributed by atoms with Crippen molar-refractivity contribution in [3.63, 3.8) is 0 Å². The van der Waals surface area contributed by atoms with Gasteiger partial charge in [0.2, 0.25) is 0 Å². The highest BCUT2D eigenvalue weighted by Gasteiger charge is 2.26. The van der Waals surface area contributed by atoms with Gasteiger partial charge in [-0.15, -0.1) is 0 Å². The van der Waals surface area contributed by atoms with Crippen LogP contribution in [0.3, 0.4) is 0 Å². The van der Waals surface area contributed by atoms with Crippen molar-refractivity contribution in [2.45, 2.75) is 25.6 Å². The van der Waals surface area contributed by atoms with Crippen molar-refractivity contribution >= 4 is 51.3 Å². The molecule has 0 spiro atoms. The van der Waals surface area contributed by atoms with Gasteiger partial charge >= 0.3 is 0 Å². The van der Waals surface area contributed by atoms with Crippen molar-refractivity contribution < 1.29 is 14.0 Å². The number of aryl methyl sites for hydroxylation is 1. The maximum absolute atomic E-state index is 14.0. The van der Waals surface area contributed by atoms with Gasteiger partial charge in [-0.2, -0.15) is 0 Å². The van der Waals surface area contributed by atoms with Gasteiger partial charge in [-0.25, -0.2) is 9.37 Å². The van der Waals surface area contributed by atoms with Crippen molar-refractivity contribution in [2.75, 3.05) is 23.7 Å². The van der Waals surface area contributed by atoms with Gasteiger partial charge in [0.05, 0.1) is 22.9 Å². The number of hydrogen-bond donors (Lipinski definition) is 4. The molecule has 1 aromatic heterocycles. The van der Waals surface area contributed by atoms with E-state index in [0.717, 1.165) is 5.56 Å². The van der Waals surface area contributed by atoms with Crippen LogP contribution in [0.1, 0.15) is 32.0 Å². The zero-order chi connectivity index (χ0) is 23.4. The first kappa shape index (κ1) is 23.2. The van der Waals surface area contributed by atoms with Crippen molar-refractivity contribution in [3.8, 4) is 0 Å². The Bertz CT molecular complexity index is 1150. The number of rotatable bonds is 6. The summed E-state index contributed by atoms with van der Waals surface area (Å²) in [4.78, 5) is 29.9. The van der Waals surface area contributed by atoms with Crippen LogP contribution in [0.4, 0.5) is 20.9 Å². The molecule has 172 valence electrons. The molecule has 4 rings (SSSR count). The van der Waals surface area contributed by atoms with Crippen LogP contribution >= 0.6 is 22.9 Å². The standard InChI is InChI=1S/C23H23ClFN5O2S/c1-13-4-2-7-16(24)20(13)30-22(32)19-12-27-23(33-19)28-15-6-3-5-14(10-15)21(31)29-18-8-9-26-11-17(18)25/h2-7,10,12,17-18,26H,8-9,11H2,1H3,(H,27,28)(H,29,31)(H,30,32)/t17-,18+/m0/s1. The van der Waals surface area contributed by atoms with E-state index in [-0.39, 0.29) is 18.4 Å². The normalized spacial score (nSPS) is 17.9. The maximum atomic E-state index is 14.0. The van der Waals surface area contributed by atoms with Gasteiger partial charge in [-0.1, -0.05) is 41.1 Å². The lowest BCUT2D eigenvalue weighted by Crippen LogP contribution is -2.50. The van der Waals surface area contributed by atoms with Crippen LogP contribution in [0.25, 0.3) is 0 Å². The van der Waals surface area contributed by atoms with E-state index in [1.807, 2.05) is 19.1 Å². The molecule has 2 atom stereocenters. The summed E-state index contributed by atoms with van der Waals surface area (Å²) in [5.74, 6) is -0.643. The van der Waals surface area contributed by atoms with Gasteiger partial charge in [0.1, 0.15) is 11.0 Å². The summed E-state index contributed by atoms with van der Waals surface area (Å²) in [6.45, 7) is 2.77. The number of anilines is 3. The predicted molar refractivity (Wildman–Crippen MR) is 130 cm³/mol. The van der Waals surface area contributed by atoms with E-state index in [9.17, 15) is 14.0 Å². The summed E-state index contributed by atoms with van der Waals surface area (Å²) in [6.07, 6.45) is 0.907. The van der Waals surface area contributed by atoms with E-state index in [1.54, 1.807) is 30.3 Å². The topological polar surface area (TPSA) is 95.2 Å². The summed E-state index contributed by atoms with van der Waals surface area (Å²) in [6, 6.07) is 11.7. The molecule has 0 aliphatic carbocycles. The summed E-state index contributed by atoms with van der Waals surface area (Å²) in [5, 5.41) is 12.6. The van der Waals surface area contributed by atoms with E-state index >= 15 is 0 Å². The van der Waals surface area contributed by atoms with Crippen molar-refractivity contribution in [3.05, 3.63) is 69.7 Å². The Labute approximate surface area is 199 Å². The molecule has 0 saturated carbocycles. The minimum atomic E-state index is -1.11. The molecule has 1 aliphatic rings. The Morgan fingerprint density at radius 2 is 2.03 bits per heavy atom. The van der Waals surface area contributed by atoms with Gasteiger partial charge < -0.3 is 21.3 Å². The van der Waals surface area contributed by atoms with Crippen molar-refractivity contribution in [2.24, 2.45) is 0 Å². The fraction of sp³-hybridized carbons (Fsp3) is 0.261. The van der Waals surface area contributed by atoms with E-state index in [2.05, 4.69) is 26.3 Å². The number of para-hydroxylation sites is 1. The quantitative estimate of drug-likeness (QED) is 0.410. The molecule has 0 radical (unpaired) electrons. The second-order valence-electron chi connectivity index (χ2n) is 7.71. The molecule has 2 aromatic carbocycles. The van der Waals surface area contributed by atoms with Crippen LogP contribution in [0.15, 0.2) is 48.7 Å². The summed E-state index contributed by atoms with van der Waals surface area (Å²) in [7, 11) is 0. The molecule has 1 aliphatic heterocycles. The van der Waals surface area contributed by atoms with Crippen molar-refractivity contribution in [1.82, 2.24) is 15.6 Å². The SMILES string of the molecule is Cc1cccc(Cl)c1NC(=O)c1cnc(Nc2cccc(C(=O)N[C@@H]3CCNC[C@@H]3F)c2)s1. The van der Waals surface area contributed by atoms with Crippen LogP contribution in [0.5, 0.6) is 0 Å². The van der Waals surface area contributed by atoms with Crippen molar-refractivity contribution in [1.29, 1.82) is 0 Å². The number of thiazole rings is 1. The number of hydrogen-bond acceptors (Lipinski definition) is 6. The first-order chi connectivity index (χ1) is 15.9.